The fourth-order valence-corrected chi connectivity index (χ4v) is 3.90. The van der Waals surface area contributed by atoms with Crippen LogP contribution in [0.3, 0.4) is 0 Å². The summed E-state index contributed by atoms with van der Waals surface area (Å²) < 4.78 is 0. The number of aliphatic carboxylic acids is 2. The van der Waals surface area contributed by atoms with Gasteiger partial charge in [0.15, 0.2) is 0 Å². The fourth-order valence-electron chi connectivity index (χ4n) is 3.90. The highest BCUT2D eigenvalue weighted by molar-refractivity contribution is 5.97. The molecule has 17 heteroatoms. The summed E-state index contributed by atoms with van der Waals surface area (Å²) in [6, 6.07) is -7.45. The number of imidazole rings is 1. The Balaban J connectivity index is 3.02. The molecule has 0 aliphatic rings. The average molecular weight is 625 g/mol. The normalized spacial score (nSPS) is 15.8. The number of aromatic amines is 1. The van der Waals surface area contributed by atoms with Crippen molar-refractivity contribution in [2.45, 2.75) is 97.1 Å². The van der Waals surface area contributed by atoms with E-state index < -0.39 is 96.0 Å². The molecule has 0 spiro atoms. The third kappa shape index (κ3) is 12.0. The van der Waals surface area contributed by atoms with E-state index in [0.29, 0.717) is 12.1 Å². The number of carbonyl (C=O) groups excluding carboxylic acids is 5. The zero-order valence-electron chi connectivity index (χ0n) is 25.7. The summed E-state index contributed by atoms with van der Waals surface area (Å²) in [4.78, 5) is 94.0. The van der Waals surface area contributed by atoms with E-state index in [-0.39, 0.29) is 6.42 Å². The molecular weight excluding hydrogens is 580 g/mol. The Morgan fingerprint density at radius 1 is 0.795 bits per heavy atom. The Morgan fingerprint density at radius 3 is 1.84 bits per heavy atom. The summed E-state index contributed by atoms with van der Waals surface area (Å²) in [5, 5.41) is 30.8. The number of aromatic nitrogens is 2. The number of carboxylic acids is 2. The lowest BCUT2D eigenvalue weighted by Crippen LogP contribution is -2.60. The molecule has 1 aromatic rings. The van der Waals surface area contributed by atoms with Crippen LogP contribution in [0.25, 0.3) is 0 Å². The number of amides is 5. The highest BCUT2D eigenvalue weighted by Crippen LogP contribution is 2.10. The van der Waals surface area contributed by atoms with E-state index in [4.69, 9.17) is 5.73 Å². The minimum Gasteiger partial charge on any atom is -0.481 e. The topological polar surface area (TPSA) is 275 Å². The van der Waals surface area contributed by atoms with E-state index >= 15 is 0 Å². The van der Waals surface area contributed by atoms with Gasteiger partial charge in [-0.2, -0.15) is 0 Å². The first kappa shape index (κ1) is 37.5. The number of hydrogen-bond donors (Lipinski definition) is 9. The summed E-state index contributed by atoms with van der Waals surface area (Å²) in [7, 11) is 0. The Bertz CT molecular complexity index is 1170. The predicted molar refractivity (Wildman–Crippen MR) is 155 cm³/mol. The maximum Gasteiger partial charge on any atom is 0.326 e. The zero-order valence-corrected chi connectivity index (χ0v) is 25.7. The largest absolute Gasteiger partial charge is 0.481 e. The number of carboxylic acid groups (broad SMARTS) is 2. The molecule has 17 nitrogen and oxygen atoms in total. The Labute approximate surface area is 254 Å². The van der Waals surface area contributed by atoms with Gasteiger partial charge in [0.2, 0.25) is 29.5 Å². The van der Waals surface area contributed by atoms with Crippen LogP contribution in [0, 0.1) is 11.8 Å². The van der Waals surface area contributed by atoms with Gasteiger partial charge in [-0.3, -0.25) is 28.8 Å². The Kier molecular flexibility index (Phi) is 14.9. The van der Waals surface area contributed by atoms with Gasteiger partial charge in [-0.25, -0.2) is 9.78 Å². The summed E-state index contributed by atoms with van der Waals surface area (Å²) >= 11 is 0. The zero-order chi connectivity index (χ0) is 33.7. The van der Waals surface area contributed by atoms with E-state index in [1.54, 1.807) is 27.7 Å². The fraction of sp³-hybridized carbons (Fsp3) is 0.630. The van der Waals surface area contributed by atoms with Gasteiger partial charge in [-0.1, -0.05) is 34.1 Å². The minimum atomic E-state index is -1.64. The lowest BCUT2D eigenvalue weighted by atomic mass is 9.98. The van der Waals surface area contributed by atoms with Crippen molar-refractivity contribution >= 4 is 41.5 Å². The molecule has 0 radical (unpaired) electrons. The van der Waals surface area contributed by atoms with E-state index in [1.807, 2.05) is 0 Å². The number of nitrogens with zero attached hydrogens (tertiary/aromatic N) is 1. The molecule has 0 aliphatic heterocycles. The third-order valence-electron chi connectivity index (χ3n) is 6.81. The number of nitrogens with one attached hydrogen (secondary N) is 6. The van der Waals surface area contributed by atoms with Crippen LogP contribution in [0.2, 0.25) is 0 Å². The van der Waals surface area contributed by atoms with Crippen LogP contribution in [0.4, 0.5) is 0 Å². The minimum absolute atomic E-state index is 0.0163. The molecule has 1 aromatic heterocycles. The first-order valence-corrected chi connectivity index (χ1v) is 14.2. The van der Waals surface area contributed by atoms with Gasteiger partial charge in [0.1, 0.15) is 30.2 Å². The highest BCUT2D eigenvalue weighted by atomic mass is 16.4. The van der Waals surface area contributed by atoms with Crippen molar-refractivity contribution in [3.8, 4) is 0 Å². The van der Waals surface area contributed by atoms with Gasteiger partial charge in [-0.05, 0) is 25.7 Å². The van der Waals surface area contributed by atoms with Crippen LogP contribution < -0.4 is 32.3 Å². The molecule has 0 saturated carbocycles. The van der Waals surface area contributed by atoms with E-state index in [1.165, 1.54) is 26.4 Å². The standard InChI is InChI=1S/C27H44N8O9/c1-7-13(4)21(27(43)44)35-25(41)18(9-19(36)37)33-26(42)20(12(2)3)34-23(39)15(6)31-24(40)17(32-22(38)14(5)28)8-16-10-29-11-30-16/h10-15,17-18,20-21H,7-9,28H2,1-6H3,(H,29,30)(H,31,40)(H,32,38)(H,33,42)(H,34,39)(H,35,41)(H,36,37)(H,43,44). The number of hydrogen-bond acceptors (Lipinski definition) is 9. The Morgan fingerprint density at radius 2 is 1.36 bits per heavy atom. The lowest BCUT2D eigenvalue weighted by molar-refractivity contribution is -0.145. The quantitative estimate of drug-likeness (QED) is 0.0862. The molecule has 0 aromatic carbocycles. The molecular formula is C27H44N8O9. The number of nitrogens with two attached hydrogens (primary N) is 1. The highest BCUT2D eigenvalue weighted by Gasteiger charge is 2.34. The van der Waals surface area contributed by atoms with Gasteiger partial charge < -0.3 is 47.5 Å². The average Bonchev–Trinajstić information content (AvgIpc) is 3.45. The molecule has 0 bridgehead atoms. The molecule has 44 heavy (non-hydrogen) atoms. The monoisotopic (exact) mass is 624 g/mol. The van der Waals surface area contributed by atoms with E-state index in [0.717, 1.165) is 0 Å². The third-order valence-corrected chi connectivity index (χ3v) is 6.81. The van der Waals surface area contributed by atoms with Gasteiger partial charge in [0.05, 0.1) is 18.8 Å². The van der Waals surface area contributed by atoms with Gasteiger partial charge in [0.25, 0.3) is 0 Å². The lowest BCUT2D eigenvalue weighted by Gasteiger charge is -2.28. The summed E-state index contributed by atoms with van der Waals surface area (Å²) in [6.07, 6.45) is 2.44. The van der Waals surface area contributed by atoms with Crippen molar-refractivity contribution in [1.29, 1.82) is 0 Å². The van der Waals surface area contributed by atoms with Crippen LogP contribution in [0.5, 0.6) is 0 Å². The smallest absolute Gasteiger partial charge is 0.326 e. The van der Waals surface area contributed by atoms with Crippen molar-refractivity contribution in [3.05, 3.63) is 18.2 Å². The van der Waals surface area contributed by atoms with Crippen LogP contribution >= 0.6 is 0 Å². The summed E-state index contributed by atoms with van der Waals surface area (Å²) in [6.45, 7) is 9.29. The van der Waals surface area contributed by atoms with Crippen LogP contribution in [-0.2, 0) is 40.0 Å². The molecule has 0 saturated heterocycles. The molecule has 7 atom stereocenters. The second-order valence-corrected chi connectivity index (χ2v) is 11.0. The first-order valence-electron chi connectivity index (χ1n) is 14.2. The van der Waals surface area contributed by atoms with Crippen molar-refractivity contribution in [2.24, 2.45) is 17.6 Å². The SMILES string of the molecule is CCC(C)C(NC(=O)C(CC(=O)O)NC(=O)C(NC(=O)C(C)NC(=O)C(Cc1cnc[nH]1)NC(=O)C(C)N)C(C)C)C(=O)O. The molecule has 7 unspecified atom stereocenters. The van der Waals surface area contributed by atoms with Crippen molar-refractivity contribution in [2.75, 3.05) is 0 Å². The van der Waals surface area contributed by atoms with E-state index in [2.05, 4.69) is 36.6 Å². The second-order valence-electron chi connectivity index (χ2n) is 11.0. The van der Waals surface area contributed by atoms with Crippen LogP contribution in [0.15, 0.2) is 12.5 Å². The number of rotatable bonds is 18. The molecule has 1 heterocycles. The van der Waals surface area contributed by atoms with Gasteiger partial charge >= 0.3 is 11.9 Å². The predicted octanol–water partition coefficient (Wildman–Crippen LogP) is -2.00. The second kappa shape index (κ2) is 17.5. The number of H-pyrrole nitrogens is 1. The van der Waals surface area contributed by atoms with Gasteiger partial charge in [-0.15, -0.1) is 0 Å². The van der Waals surface area contributed by atoms with Crippen molar-refractivity contribution < 1.29 is 43.8 Å². The van der Waals surface area contributed by atoms with Crippen LogP contribution in [0.1, 0.15) is 60.1 Å². The summed E-state index contributed by atoms with van der Waals surface area (Å²) in [5.41, 5.74) is 6.14. The van der Waals surface area contributed by atoms with Gasteiger partial charge in [0, 0.05) is 18.3 Å². The maximum atomic E-state index is 13.2. The molecule has 10 N–H and O–H groups in total. The first-order chi connectivity index (χ1) is 20.5. The molecule has 0 fully saturated rings. The molecule has 1 rings (SSSR count). The Hall–Kier alpha value is -4.54. The molecule has 246 valence electrons. The van der Waals surface area contributed by atoms with E-state index in [9.17, 15) is 43.8 Å². The van der Waals surface area contributed by atoms with Crippen LogP contribution in [-0.4, -0.2) is 97.9 Å². The maximum absolute atomic E-state index is 13.2. The molecule has 0 aliphatic carbocycles. The molecule has 5 amide bonds. The van der Waals surface area contributed by atoms with Crippen molar-refractivity contribution in [1.82, 2.24) is 36.6 Å². The van der Waals surface area contributed by atoms with Crippen molar-refractivity contribution in [3.63, 3.8) is 0 Å². The number of carbonyl (C=O) groups is 7. The summed E-state index contributed by atoms with van der Waals surface area (Å²) in [5.74, 6) is -7.79.